The average molecular weight is 382 g/mol. The van der Waals surface area contributed by atoms with E-state index in [-0.39, 0.29) is 6.10 Å². The molecule has 0 saturated carbocycles. The van der Waals surface area contributed by atoms with Crippen molar-refractivity contribution in [3.63, 3.8) is 0 Å². The van der Waals surface area contributed by atoms with E-state index in [0.29, 0.717) is 5.75 Å². The van der Waals surface area contributed by atoms with Crippen LogP contribution in [0.1, 0.15) is 27.2 Å². The fourth-order valence-electron chi connectivity index (χ4n) is 1.86. The predicted octanol–water partition coefficient (Wildman–Crippen LogP) is 6.89. The van der Waals surface area contributed by atoms with Gasteiger partial charge in [-0.2, -0.15) is 0 Å². The molecule has 130 valence electrons. The van der Waals surface area contributed by atoms with Gasteiger partial charge < -0.3 is 4.52 Å². The maximum absolute atomic E-state index is 12.8. The fourth-order valence-corrected chi connectivity index (χ4v) is 6.49. The lowest BCUT2D eigenvalue weighted by atomic mass is 10.3. The van der Waals surface area contributed by atoms with Crippen molar-refractivity contribution in [2.45, 2.75) is 43.1 Å². The molecule has 0 heterocycles. The molecule has 2 aromatic rings. The quantitative estimate of drug-likeness (QED) is 0.441. The highest BCUT2D eigenvalue weighted by Gasteiger charge is 2.28. The Labute approximate surface area is 152 Å². The normalized spacial score (nSPS) is 13.7. The zero-order valence-electron chi connectivity index (χ0n) is 14.2. The van der Waals surface area contributed by atoms with Crippen LogP contribution in [-0.4, -0.2) is 11.9 Å². The summed E-state index contributed by atoms with van der Waals surface area (Å²) >= 11 is 2.94. The molecule has 0 bridgehead atoms. The number of hydrogen-bond donors (Lipinski definition) is 0. The molecule has 0 amide bonds. The van der Waals surface area contributed by atoms with Crippen LogP contribution >= 0.6 is 29.9 Å². The summed E-state index contributed by atoms with van der Waals surface area (Å²) in [5.74, 6) is 1.31. The van der Waals surface area contributed by atoms with E-state index < -0.39 is 6.80 Å². The summed E-state index contributed by atoms with van der Waals surface area (Å²) in [7, 11) is 0. The summed E-state index contributed by atoms with van der Waals surface area (Å²) in [5.41, 5.74) is 0. The van der Waals surface area contributed by atoms with Crippen LogP contribution in [0.5, 0.6) is 5.75 Å². The summed E-state index contributed by atoms with van der Waals surface area (Å²) in [6.07, 6.45) is 0.777. The second-order valence-corrected chi connectivity index (χ2v) is 10.6. The van der Waals surface area contributed by atoms with Gasteiger partial charge in [0.1, 0.15) is 5.75 Å². The largest absolute Gasteiger partial charge is 0.440 e. The van der Waals surface area contributed by atoms with Gasteiger partial charge in [-0.25, -0.2) is 4.57 Å². The average Bonchev–Trinajstić information content (AvgIpc) is 2.55. The molecule has 0 aromatic heterocycles. The molecule has 0 radical (unpaired) electrons. The van der Waals surface area contributed by atoms with Crippen LogP contribution in [-0.2, 0) is 9.09 Å². The van der Waals surface area contributed by atoms with Crippen LogP contribution in [0.4, 0.5) is 0 Å². The summed E-state index contributed by atoms with van der Waals surface area (Å²) in [6, 6.07) is 17.8. The van der Waals surface area contributed by atoms with Crippen LogP contribution in [0.25, 0.3) is 0 Å². The van der Waals surface area contributed by atoms with Gasteiger partial charge in [-0.1, -0.05) is 36.9 Å². The maximum Gasteiger partial charge on any atom is 0.440 e. The lowest BCUT2D eigenvalue weighted by Crippen LogP contribution is -2.03. The zero-order valence-corrected chi connectivity index (χ0v) is 16.7. The van der Waals surface area contributed by atoms with E-state index in [9.17, 15) is 4.57 Å². The molecule has 0 N–H and O–H groups in total. The van der Waals surface area contributed by atoms with Gasteiger partial charge in [0.2, 0.25) is 0 Å². The van der Waals surface area contributed by atoms with Crippen molar-refractivity contribution in [2.24, 2.45) is 0 Å². The Morgan fingerprint density at radius 2 is 1.62 bits per heavy atom. The van der Waals surface area contributed by atoms with Gasteiger partial charge in [0.15, 0.2) is 0 Å². The second kappa shape index (κ2) is 9.57. The van der Waals surface area contributed by atoms with Gasteiger partial charge in [-0.05, 0) is 68.0 Å². The van der Waals surface area contributed by atoms with Crippen LogP contribution in [0.2, 0.25) is 0 Å². The third-order valence-corrected chi connectivity index (χ3v) is 7.83. The SMILES string of the molecule is CCCSP(=O)(Oc1ccc(Sc2ccccc2)cc1)OC(C)C. The van der Waals surface area contributed by atoms with Crippen LogP contribution in [0.15, 0.2) is 64.4 Å². The van der Waals surface area contributed by atoms with Crippen LogP contribution in [0.3, 0.4) is 0 Å². The standard InChI is InChI=1S/C18H23O3PS2/c1-4-14-23-22(19,20-15(2)3)21-16-10-12-18(13-11-16)24-17-8-6-5-7-9-17/h5-13,15H,4,14H2,1-3H3. The van der Waals surface area contributed by atoms with Gasteiger partial charge in [0.05, 0.1) is 6.10 Å². The van der Waals surface area contributed by atoms with Crippen molar-refractivity contribution in [1.29, 1.82) is 0 Å². The van der Waals surface area contributed by atoms with Crippen molar-refractivity contribution in [2.75, 3.05) is 5.75 Å². The first kappa shape index (κ1) is 19.5. The molecule has 0 aliphatic rings. The smallest absolute Gasteiger partial charge is 0.417 e. The van der Waals surface area contributed by atoms with E-state index in [1.54, 1.807) is 11.8 Å². The molecule has 1 unspecified atom stereocenters. The Kier molecular flexibility index (Phi) is 7.76. The molecule has 0 aliphatic carbocycles. The van der Waals surface area contributed by atoms with Gasteiger partial charge in [-0.3, -0.25) is 4.52 Å². The fraction of sp³-hybridized carbons (Fsp3) is 0.333. The Morgan fingerprint density at radius 1 is 1.00 bits per heavy atom. The van der Waals surface area contributed by atoms with Gasteiger partial charge in [0.25, 0.3) is 0 Å². The van der Waals surface area contributed by atoms with Gasteiger partial charge in [-0.15, -0.1) is 0 Å². The lowest BCUT2D eigenvalue weighted by molar-refractivity contribution is 0.221. The predicted molar refractivity (Wildman–Crippen MR) is 104 cm³/mol. The Morgan fingerprint density at radius 3 is 2.21 bits per heavy atom. The minimum atomic E-state index is -3.19. The minimum Gasteiger partial charge on any atom is -0.417 e. The van der Waals surface area contributed by atoms with Crippen molar-refractivity contribution in [3.8, 4) is 5.75 Å². The highest BCUT2D eigenvalue weighted by Crippen LogP contribution is 2.61. The number of rotatable bonds is 9. The van der Waals surface area contributed by atoms with Gasteiger partial charge >= 0.3 is 6.80 Å². The number of benzene rings is 2. The first-order valence-corrected chi connectivity index (χ1v) is 11.9. The van der Waals surface area contributed by atoms with Crippen molar-refractivity contribution in [3.05, 3.63) is 54.6 Å². The second-order valence-electron chi connectivity index (χ2n) is 5.41. The minimum absolute atomic E-state index is 0.145. The zero-order chi connectivity index (χ0) is 17.4. The molecule has 3 nitrogen and oxygen atoms in total. The monoisotopic (exact) mass is 382 g/mol. The molecule has 0 saturated heterocycles. The van der Waals surface area contributed by atoms with Crippen LogP contribution < -0.4 is 4.52 Å². The lowest BCUT2D eigenvalue weighted by Gasteiger charge is -2.20. The first-order valence-electron chi connectivity index (χ1n) is 7.96. The van der Waals surface area contributed by atoms with E-state index in [1.807, 2.05) is 63.2 Å². The summed E-state index contributed by atoms with van der Waals surface area (Å²) in [5, 5.41) is 0. The van der Waals surface area contributed by atoms with Crippen molar-refractivity contribution >= 4 is 29.9 Å². The molecule has 1 atom stereocenters. The Hall–Kier alpha value is -0.870. The Balaban J connectivity index is 2.04. The topological polar surface area (TPSA) is 35.5 Å². The summed E-state index contributed by atoms with van der Waals surface area (Å²) in [6.45, 7) is 2.58. The van der Waals surface area contributed by atoms with E-state index in [0.717, 1.165) is 17.1 Å². The highest BCUT2D eigenvalue weighted by molar-refractivity contribution is 8.55. The molecule has 0 aliphatic heterocycles. The molecule has 6 heteroatoms. The van der Waals surface area contributed by atoms with Crippen molar-refractivity contribution in [1.82, 2.24) is 0 Å². The van der Waals surface area contributed by atoms with E-state index in [2.05, 4.69) is 12.1 Å². The van der Waals surface area contributed by atoms with Gasteiger partial charge in [0, 0.05) is 15.5 Å². The number of hydrogen-bond acceptors (Lipinski definition) is 5. The molecule has 2 aromatic carbocycles. The summed E-state index contributed by atoms with van der Waals surface area (Å²) < 4.78 is 24.1. The first-order chi connectivity index (χ1) is 11.5. The van der Waals surface area contributed by atoms with Crippen LogP contribution in [0, 0.1) is 0 Å². The highest BCUT2D eigenvalue weighted by atomic mass is 32.7. The molecule has 24 heavy (non-hydrogen) atoms. The van der Waals surface area contributed by atoms with E-state index >= 15 is 0 Å². The van der Waals surface area contributed by atoms with Crippen molar-refractivity contribution < 1.29 is 13.6 Å². The molecule has 0 spiro atoms. The molecule has 0 fully saturated rings. The Bertz CT molecular complexity index is 660. The molecular weight excluding hydrogens is 359 g/mol. The summed E-state index contributed by atoms with van der Waals surface area (Å²) in [4.78, 5) is 2.29. The molecule has 2 rings (SSSR count). The molecular formula is C18H23O3PS2. The third kappa shape index (κ3) is 6.56. The van der Waals surface area contributed by atoms with E-state index in [4.69, 9.17) is 9.05 Å². The third-order valence-electron chi connectivity index (χ3n) is 2.81. The van der Waals surface area contributed by atoms with E-state index in [1.165, 1.54) is 16.3 Å². The maximum atomic E-state index is 12.8.